The summed E-state index contributed by atoms with van der Waals surface area (Å²) in [6, 6.07) is 1.63. The van der Waals surface area contributed by atoms with Crippen LogP contribution in [0.2, 0.25) is 0 Å². The number of hydrogen-bond acceptors (Lipinski definition) is 7. The highest BCUT2D eigenvalue weighted by Crippen LogP contribution is 2.58. The third-order valence-electron chi connectivity index (χ3n) is 4.88. The molecule has 2 heterocycles. The van der Waals surface area contributed by atoms with Crippen molar-refractivity contribution in [3.63, 3.8) is 0 Å². The van der Waals surface area contributed by atoms with E-state index in [1.54, 1.807) is 27.0 Å². The van der Waals surface area contributed by atoms with Crippen molar-refractivity contribution in [3.05, 3.63) is 11.8 Å². The Morgan fingerprint density at radius 3 is 2.54 bits per heavy atom. The molecule has 0 aromatic carbocycles. The smallest absolute Gasteiger partial charge is 0.251 e. The fourth-order valence-electron chi connectivity index (χ4n) is 2.91. The van der Waals surface area contributed by atoms with Gasteiger partial charge in [-0.2, -0.15) is 10.6 Å². The monoisotopic (exact) mass is 390 g/mol. The third kappa shape index (κ3) is 4.23. The maximum Gasteiger partial charge on any atom is 0.251 e. The average molecular weight is 391 g/mol. The van der Waals surface area contributed by atoms with Crippen LogP contribution in [0.3, 0.4) is 0 Å². The van der Waals surface area contributed by atoms with E-state index in [-0.39, 0.29) is 16.5 Å². The van der Waals surface area contributed by atoms with Gasteiger partial charge in [0.15, 0.2) is 0 Å². The standard InChI is InChI=1S/C17H30N2O6S/c1-16(2,11-23-5)13-10-14(25-19-13)18-15(20)17(3,4)26(21,22)12-6-8-24-9-7-12/h10,12,21-22H,6-9,11H2,1-5H3,(H,18,20). The Hall–Kier alpha value is -1.13. The van der Waals surface area contributed by atoms with Crippen LogP contribution in [0.5, 0.6) is 0 Å². The van der Waals surface area contributed by atoms with Gasteiger partial charge in [0.05, 0.1) is 17.6 Å². The Bertz CT molecular complexity index is 623. The van der Waals surface area contributed by atoms with Crippen LogP contribution in [0, 0.1) is 0 Å². The number of ether oxygens (including phenoxy) is 2. The van der Waals surface area contributed by atoms with Gasteiger partial charge >= 0.3 is 0 Å². The molecule has 1 aliphatic rings. The zero-order valence-corrected chi connectivity index (χ0v) is 16.9. The number of aromatic nitrogens is 1. The van der Waals surface area contributed by atoms with Crippen LogP contribution in [-0.2, 0) is 19.7 Å². The van der Waals surface area contributed by atoms with Crippen molar-refractivity contribution in [3.8, 4) is 0 Å². The molecule has 9 heteroatoms. The maximum atomic E-state index is 12.8. The Morgan fingerprint density at radius 1 is 1.35 bits per heavy atom. The summed E-state index contributed by atoms with van der Waals surface area (Å²) < 4.78 is 35.8. The molecule has 150 valence electrons. The molecule has 8 nitrogen and oxygen atoms in total. The molecule has 1 aromatic rings. The molecule has 0 atom stereocenters. The summed E-state index contributed by atoms with van der Waals surface area (Å²) in [6.07, 6.45) is 1.05. The highest BCUT2D eigenvalue weighted by Gasteiger charge is 2.46. The molecular formula is C17H30N2O6S. The Labute approximate surface area is 156 Å². The van der Waals surface area contributed by atoms with Crippen molar-refractivity contribution in [2.45, 2.75) is 55.9 Å². The summed E-state index contributed by atoms with van der Waals surface area (Å²) >= 11 is 0. The zero-order valence-electron chi connectivity index (χ0n) is 16.1. The first-order valence-electron chi connectivity index (χ1n) is 8.64. The van der Waals surface area contributed by atoms with Gasteiger partial charge in [-0.3, -0.25) is 19.2 Å². The Kier molecular flexibility index (Phi) is 6.40. The first-order chi connectivity index (χ1) is 12.0. The number of carbonyl (C=O) groups excluding carboxylic acids is 1. The van der Waals surface area contributed by atoms with Gasteiger partial charge in [-0.1, -0.05) is 19.0 Å². The van der Waals surface area contributed by atoms with Gasteiger partial charge in [0, 0.05) is 31.8 Å². The van der Waals surface area contributed by atoms with Gasteiger partial charge in [0.25, 0.3) is 5.91 Å². The van der Waals surface area contributed by atoms with Gasteiger partial charge in [-0.25, -0.2) is 0 Å². The molecule has 0 bridgehead atoms. The van der Waals surface area contributed by atoms with Crippen LogP contribution in [0.25, 0.3) is 0 Å². The fourth-order valence-corrected chi connectivity index (χ4v) is 4.92. The average Bonchev–Trinajstić information content (AvgIpc) is 3.05. The van der Waals surface area contributed by atoms with Gasteiger partial charge in [-0.15, -0.1) is 0 Å². The molecular weight excluding hydrogens is 360 g/mol. The second-order valence-electron chi connectivity index (χ2n) is 7.76. The second kappa shape index (κ2) is 7.85. The van der Waals surface area contributed by atoms with E-state index in [9.17, 15) is 13.9 Å². The Morgan fingerprint density at radius 2 is 1.96 bits per heavy atom. The number of nitrogens with zero attached hydrogens (tertiary/aromatic N) is 1. The molecule has 3 N–H and O–H groups in total. The minimum absolute atomic E-state index is 0.171. The lowest BCUT2D eigenvalue weighted by Crippen LogP contribution is -2.46. The lowest BCUT2D eigenvalue weighted by atomic mass is 9.90. The molecule has 2 rings (SSSR count). The highest BCUT2D eigenvalue weighted by molar-refractivity contribution is 8.26. The zero-order chi connectivity index (χ0) is 19.6. The second-order valence-corrected chi connectivity index (χ2v) is 10.6. The normalized spacial score (nSPS) is 18.0. The number of methoxy groups -OCH3 is 1. The van der Waals surface area contributed by atoms with Crippen LogP contribution < -0.4 is 5.32 Å². The molecule has 0 aliphatic carbocycles. The van der Waals surface area contributed by atoms with E-state index in [4.69, 9.17) is 14.0 Å². The minimum atomic E-state index is -3.19. The van der Waals surface area contributed by atoms with E-state index in [0.717, 1.165) is 0 Å². The molecule has 1 aliphatic heterocycles. The quantitative estimate of drug-likeness (QED) is 0.655. The number of nitrogens with one attached hydrogen (secondary N) is 1. The van der Waals surface area contributed by atoms with E-state index in [0.29, 0.717) is 38.4 Å². The van der Waals surface area contributed by atoms with Crippen LogP contribution in [0.1, 0.15) is 46.2 Å². The molecule has 1 fully saturated rings. The van der Waals surface area contributed by atoms with Crippen molar-refractivity contribution in [1.29, 1.82) is 0 Å². The van der Waals surface area contributed by atoms with Crippen molar-refractivity contribution < 1.29 is 27.9 Å². The van der Waals surface area contributed by atoms with Crippen LogP contribution in [0.15, 0.2) is 10.6 Å². The number of rotatable bonds is 7. The number of anilines is 1. The summed E-state index contributed by atoms with van der Waals surface area (Å²) in [6.45, 7) is 8.37. The lowest BCUT2D eigenvalue weighted by Gasteiger charge is -2.51. The van der Waals surface area contributed by atoms with Crippen molar-refractivity contribution in [1.82, 2.24) is 5.16 Å². The summed E-state index contributed by atoms with van der Waals surface area (Å²) in [5.74, 6) is -0.347. The first kappa shape index (κ1) is 21.2. The van der Waals surface area contributed by atoms with Crippen LogP contribution in [0.4, 0.5) is 5.88 Å². The van der Waals surface area contributed by atoms with Crippen molar-refractivity contribution in [2.24, 2.45) is 0 Å². The van der Waals surface area contributed by atoms with E-state index >= 15 is 0 Å². The fraction of sp³-hybridized carbons (Fsp3) is 0.765. The topological polar surface area (TPSA) is 114 Å². The first-order valence-corrected chi connectivity index (χ1v) is 10.3. The molecule has 0 radical (unpaired) electrons. The van der Waals surface area contributed by atoms with E-state index in [1.165, 1.54) is 0 Å². The van der Waals surface area contributed by atoms with Gasteiger partial charge in [-0.05, 0) is 26.7 Å². The lowest BCUT2D eigenvalue weighted by molar-refractivity contribution is -0.118. The van der Waals surface area contributed by atoms with Crippen molar-refractivity contribution >= 4 is 22.4 Å². The van der Waals surface area contributed by atoms with Crippen LogP contribution >= 0.6 is 10.6 Å². The molecule has 1 aromatic heterocycles. The third-order valence-corrected chi connectivity index (χ3v) is 7.97. The van der Waals surface area contributed by atoms with E-state index in [1.807, 2.05) is 13.8 Å². The molecule has 1 amide bonds. The molecule has 0 saturated carbocycles. The molecule has 0 spiro atoms. The minimum Gasteiger partial charge on any atom is -0.384 e. The summed E-state index contributed by atoms with van der Waals surface area (Å²) in [7, 11) is -1.58. The largest absolute Gasteiger partial charge is 0.384 e. The number of amides is 1. The van der Waals surface area contributed by atoms with E-state index < -0.39 is 21.2 Å². The van der Waals surface area contributed by atoms with E-state index in [2.05, 4.69) is 10.5 Å². The predicted octanol–water partition coefficient (Wildman–Crippen LogP) is 3.25. The summed E-state index contributed by atoms with van der Waals surface area (Å²) in [4.78, 5) is 12.8. The maximum absolute atomic E-state index is 12.8. The Balaban J connectivity index is 2.11. The van der Waals surface area contributed by atoms with Crippen molar-refractivity contribution in [2.75, 3.05) is 32.2 Å². The number of carbonyl (C=O) groups is 1. The number of hydrogen-bond donors (Lipinski definition) is 3. The van der Waals surface area contributed by atoms with Gasteiger partial charge < -0.3 is 14.0 Å². The summed E-state index contributed by atoms with van der Waals surface area (Å²) in [5, 5.41) is 6.25. The van der Waals surface area contributed by atoms with Crippen LogP contribution in [-0.4, -0.2) is 57.1 Å². The molecule has 0 unspecified atom stereocenters. The highest BCUT2D eigenvalue weighted by atomic mass is 32.3. The predicted molar refractivity (Wildman–Crippen MR) is 101 cm³/mol. The molecule has 1 saturated heterocycles. The summed E-state index contributed by atoms with van der Waals surface area (Å²) in [5.41, 5.74) is 0.269. The van der Waals surface area contributed by atoms with Gasteiger partial charge in [0.2, 0.25) is 5.88 Å². The van der Waals surface area contributed by atoms with Gasteiger partial charge in [0.1, 0.15) is 4.75 Å². The SMILES string of the molecule is COCC(C)(C)c1cc(NC(=O)C(C)(C)S(O)(O)C2CCOCC2)on1. The molecule has 26 heavy (non-hydrogen) atoms.